The third kappa shape index (κ3) is 3.01. The Labute approximate surface area is 125 Å². The molecule has 0 radical (unpaired) electrons. The molecule has 1 aromatic carbocycles. The molecule has 0 aromatic heterocycles. The van der Waals surface area contributed by atoms with Crippen LogP contribution in [-0.2, 0) is 4.79 Å². The van der Waals surface area contributed by atoms with Crippen LogP contribution in [0.2, 0.25) is 0 Å². The molecule has 110 valence electrons. The largest absolute Gasteiger partial charge is 0.322 e. The molecule has 0 spiro atoms. The van der Waals surface area contributed by atoms with E-state index in [0.29, 0.717) is 6.54 Å². The van der Waals surface area contributed by atoms with Gasteiger partial charge in [-0.15, -0.1) is 0 Å². The summed E-state index contributed by atoms with van der Waals surface area (Å²) in [6.07, 6.45) is 2.35. The first kappa shape index (κ1) is 15.4. The minimum atomic E-state index is -0.775. The molecule has 0 saturated carbocycles. The minimum absolute atomic E-state index is 0.00113. The van der Waals surface area contributed by atoms with Crippen LogP contribution in [0.15, 0.2) is 16.6 Å². The Bertz CT molecular complexity index is 493. The molecule has 1 heterocycles. The van der Waals surface area contributed by atoms with Crippen LogP contribution in [-0.4, -0.2) is 19.0 Å². The van der Waals surface area contributed by atoms with Crippen molar-refractivity contribution in [2.24, 2.45) is 5.41 Å². The predicted octanol–water partition coefficient (Wildman–Crippen LogP) is 3.45. The van der Waals surface area contributed by atoms with Crippen LogP contribution in [0, 0.1) is 17.0 Å². The van der Waals surface area contributed by atoms with Crippen molar-refractivity contribution in [3.8, 4) is 0 Å². The van der Waals surface area contributed by atoms with E-state index in [0.717, 1.165) is 37.9 Å². The molecular formula is C14H17BrF2N2O. The molecule has 1 aliphatic heterocycles. The van der Waals surface area contributed by atoms with Gasteiger partial charge in [0.15, 0.2) is 5.82 Å². The van der Waals surface area contributed by atoms with Gasteiger partial charge in [-0.05, 0) is 41.4 Å². The first-order valence-electron chi connectivity index (χ1n) is 6.65. The van der Waals surface area contributed by atoms with Crippen LogP contribution >= 0.6 is 15.9 Å². The van der Waals surface area contributed by atoms with Crippen molar-refractivity contribution < 1.29 is 13.6 Å². The zero-order valence-electron chi connectivity index (χ0n) is 11.2. The highest BCUT2D eigenvalue weighted by Gasteiger charge is 2.40. The van der Waals surface area contributed by atoms with Crippen molar-refractivity contribution in [2.75, 3.05) is 18.4 Å². The lowest BCUT2D eigenvalue weighted by Crippen LogP contribution is -2.38. The summed E-state index contributed by atoms with van der Waals surface area (Å²) < 4.78 is 27.0. The fourth-order valence-electron chi connectivity index (χ4n) is 2.65. The summed E-state index contributed by atoms with van der Waals surface area (Å²) in [4.78, 5) is 12.5. The van der Waals surface area contributed by atoms with Gasteiger partial charge in [0.2, 0.25) is 5.91 Å². The minimum Gasteiger partial charge on any atom is -0.322 e. The molecule has 20 heavy (non-hydrogen) atoms. The van der Waals surface area contributed by atoms with E-state index in [1.165, 1.54) is 0 Å². The standard InChI is InChI=1S/C14H17BrF2N2O/c1-2-3-14(4-5-18-8-14)13(20)19-12-10(15)6-9(16)7-11(12)17/h6-7,18H,2-5,8H2,1H3,(H,19,20). The Morgan fingerprint density at radius 2 is 2.25 bits per heavy atom. The van der Waals surface area contributed by atoms with Gasteiger partial charge < -0.3 is 10.6 Å². The highest BCUT2D eigenvalue weighted by Crippen LogP contribution is 2.34. The zero-order valence-corrected chi connectivity index (χ0v) is 12.8. The topological polar surface area (TPSA) is 41.1 Å². The van der Waals surface area contributed by atoms with Gasteiger partial charge in [-0.1, -0.05) is 13.3 Å². The normalized spacial score (nSPS) is 22.0. The Hall–Kier alpha value is -1.01. The van der Waals surface area contributed by atoms with Crippen LogP contribution in [0.25, 0.3) is 0 Å². The molecule has 1 unspecified atom stereocenters. The fraction of sp³-hybridized carbons (Fsp3) is 0.500. The summed E-state index contributed by atoms with van der Waals surface area (Å²) in [5.74, 6) is -1.67. The SMILES string of the molecule is CCCC1(C(=O)Nc2c(F)cc(F)cc2Br)CCNC1. The van der Waals surface area contributed by atoms with Crippen molar-refractivity contribution in [1.29, 1.82) is 0 Å². The van der Waals surface area contributed by atoms with Crippen LogP contribution in [0.4, 0.5) is 14.5 Å². The number of benzene rings is 1. The van der Waals surface area contributed by atoms with Crippen LogP contribution in [0.3, 0.4) is 0 Å². The summed E-state index contributed by atoms with van der Waals surface area (Å²) in [6.45, 7) is 3.38. The smallest absolute Gasteiger partial charge is 0.232 e. The molecule has 1 fully saturated rings. The van der Waals surface area contributed by atoms with Crippen molar-refractivity contribution in [3.63, 3.8) is 0 Å². The van der Waals surface area contributed by atoms with Crippen LogP contribution < -0.4 is 10.6 Å². The molecule has 1 saturated heterocycles. The molecule has 1 aromatic rings. The van der Waals surface area contributed by atoms with Gasteiger partial charge >= 0.3 is 0 Å². The van der Waals surface area contributed by atoms with Crippen molar-refractivity contribution >= 4 is 27.5 Å². The van der Waals surface area contributed by atoms with E-state index in [9.17, 15) is 13.6 Å². The Balaban J connectivity index is 2.23. The van der Waals surface area contributed by atoms with E-state index in [1.807, 2.05) is 6.92 Å². The molecule has 0 aliphatic carbocycles. The molecular weight excluding hydrogens is 330 g/mol. The number of amides is 1. The van der Waals surface area contributed by atoms with Gasteiger partial charge in [-0.25, -0.2) is 8.78 Å². The Kier molecular flexibility index (Phi) is 4.75. The number of anilines is 1. The number of rotatable bonds is 4. The summed E-state index contributed by atoms with van der Waals surface area (Å²) in [6, 6.07) is 1.90. The number of hydrogen-bond donors (Lipinski definition) is 2. The highest BCUT2D eigenvalue weighted by atomic mass is 79.9. The fourth-order valence-corrected chi connectivity index (χ4v) is 3.16. The van der Waals surface area contributed by atoms with Gasteiger partial charge in [0, 0.05) is 17.1 Å². The average molecular weight is 347 g/mol. The number of hydrogen-bond acceptors (Lipinski definition) is 2. The van der Waals surface area contributed by atoms with Gasteiger partial charge in [0.1, 0.15) is 5.82 Å². The van der Waals surface area contributed by atoms with Gasteiger partial charge in [-0.2, -0.15) is 0 Å². The summed E-state index contributed by atoms with van der Waals surface area (Å²) in [7, 11) is 0. The molecule has 3 nitrogen and oxygen atoms in total. The lowest BCUT2D eigenvalue weighted by atomic mass is 9.81. The molecule has 1 amide bonds. The van der Waals surface area contributed by atoms with E-state index in [2.05, 4.69) is 26.6 Å². The molecule has 6 heteroatoms. The van der Waals surface area contributed by atoms with Crippen molar-refractivity contribution in [2.45, 2.75) is 26.2 Å². The Morgan fingerprint density at radius 1 is 1.50 bits per heavy atom. The number of nitrogens with one attached hydrogen (secondary N) is 2. The van der Waals surface area contributed by atoms with E-state index in [1.54, 1.807) is 0 Å². The van der Waals surface area contributed by atoms with E-state index in [4.69, 9.17) is 0 Å². The second-order valence-electron chi connectivity index (χ2n) is 5.16. The first-order chi connectivity index (χ1) is 9.48. The molecule has 1 atom stereocenters. The third-order valence-corrected chi connectivity index (χ3v) is 4.32. The summed E-state index contributed by atoms with van der Waals surface area (Å²) in [5.41, 5.74) is -0.506. The molecule has 2 N–H and O–H groups in total. The predicted molar refractivity (Wildman–Crippen MR) is 77.5 cm³/mol. The zero-order chi connectivity index (χ0) is 14.8. The van der Waals surface area contributed by atoms with E-state index < -0.39 is 17.0 Å². The van der Waals surface area contributed by atoms with Crippen molar-refractivity contribution in [1.82, 2.24) is 5.32 Å². The number of halogens is 3. The monoisotopic (exact) mass is 346 g/mol. The summed E-state index contributed by atoms with van der Waals surface area (Å²) in [5, 5.41) is 5.78. The van der Waals surface area contributed by atoms with Crippen LogP contribution in [0.1, 0.15) is 26.2 Å². The van der Waals surface area contributed by atoms with Gasteiger partial charge in [-0.3, -0.25) is 4.79 Å². The van der Waals surface area contributed by atoms with Crippen molar-refractivity contribution in [3.05, 3.63) is 28.2 Å². The second kappa shape index (κ2) is 6.18. The van der Waals surface area contributed by atoms with Crippen LogP contribution in [0.5, 0.6) is 0 Å². The molecule has 2 rings (SSSR count). The highest BCUT2D eigenvalue weighted by molar-refractivity contribution is 9.10. The van der Waals surface area contributed by atoms with Gasteiger partial charge in [0.25, 0.3) is 0 Å². The molecule has 0 bridgehead atoms. The maximum Gasteiger partial charge on any atom is 0.232 e. The van der Waals surface area contributed by atoms with E-state index in [-0.39, 0.29) is 16.1 Å². The molecule has 1 aliphatic rings. The lowest BCUT2D eigenvalue weighted by Gasteiger charge is -2.26. The Morgan fingerprint density at radius 3 is 2.80 bits per heavy atom. The second-order valence-corrected chi connectivity index (χ2v) is 6.01. The lowest BCUT2D eigenvalue weighted by molar-refractivity contribution is -0.125. The number of carbonyl (C=O) groups is 1. The maximum atomic E-state index is 13.8. The third-order valence-electron chi connectivity index (χ3n) is 3.70. The summed E-state index contributed by atoms with van der Waals surface area (Å²) >= 11 is 3.08. The average Bonchev–Trinajstić information content (AvgIpc) is 2.83. The first-order valence-corrected chi connectivity index (χ1v) is 7.44. The van der Waals surface area contributed by atoms with E-state index >= 15 is 0 Å². The maximum absolute atomic E-state index is 13.8. The van der Waals surface area contributed by atoms with Gasteiger partial charge in [0.05, 0.1) is 11.1 Å². The number of carbonyl (C=O) groups excluding carboxylic acids is 1. The quantitative estimate of drug-likeness (QED) is 0.876.